The van der Waals surface area contributed by atoms with Crippen LogP contribution in [0.4, 0.5) is 0 Å². The molecule has 1 amide bonds. The van der Waals surface area contributed by atoms with E-state index >= 15 is 0 Å². The summed E-state index contributed by atoms with van der Waals surface area (Å²) < 4.78 is 30.7. The Morgan fingerprint density at radius 2 is 0.821 bits per heavy atom. The molecule has 0 saturated carbocycles. The van der Waals surface area contributed by atoms with Gasteiger partial charge in [-0.1, -0.05) is 254 Å². The summed E-state index contributed by atoms with van der Waals surface area (Å²) in [6.07, 6.45) is 75.9. The van der Waals surface area contributed by atoms with E-state index in [1.807, 2.05) is 33.3 Å². The lowest BCUT2D eigenvalue weighted by atomic mass is 10.0. The van der Waals surface area contributed by atoms with E-state index in [1.54, 1.807) is 0 Å². The number of hydrogen-bond donors (Lipinski definition) is 2. The first kappa shape index (κ1) is 75.2. The number of phosphoric acid groups is 1. The molecule has 9 nitrogen and oxygen atoms in total. The minimum absolute atomic E-state index is 0.0305. The van der Waals surface area contributed by atoms with E-state index < -0.39 is 20.0 Å². The van der Waals surface area contributed by atoms with Gasteiger partial charge in [-0.05, 0) is 102 Å². The van der Waals surface area contributed by atoms with Gasteiger partial charge in [0.25, 0.3) is 0 Å². The average Bonchev–Trinajstić information content (AvgIpc) is 3.40. The summed E-state index contributed by atoms with van der Waals surface area (Å²) in [6, 6.07) is -0.870. The average molecular weight is 1110 g/mol. The Morgan fingerprint density at radius 3 is 1.26 bits per heavy atom. The molecule has 2 N–H and O–H groups in total. The molecule has 452 valence electrons. The summed E-state index contributed by atoms with van der Waals surface area (Å²) in [5.74, 6) is -0.541. The van der Waals surface area contributed by atoms with Crippen molar-refractivity contribution in [3.63, 3.8) is 0 Å². The minimum Gasteiger partial charge on any atom is -0.456 e. The number of esters is 1. The number of amides is 1. The maximum atomic E-state index is 13.6. The molecule has 3 atom stereocenters. The molecule has 0 spiro atoms. The lowest BCUT2D eigenvalue weighted by molar-refractivity contribution is -0.870. The highest BCUT2D eigenvalue weighted by atomic mass is 31.2. The molecule has 3 unspecified atom stereocenters. The van der Waals surface area contributed by atoms with E-state index in [9.17, 15) is 19.0 Å². The van der Waals surface area contributed by atoms with Gasteiger partial charge in [0.15, 0.2) is 0 Å². The Labute approximate surface area is 482 Å². The molecular weight excluding hydrogens is 988 g/mol. The molecule has 0 aromatic rings. The highest BCUT2D eigenvalue weighted by Crippen LogP contribution is 2.43. The van der Waals surface area contributed by atoms with Crippen LogP contribution in [0.5, 0.6) is 0 Å². The largest absolute Gasteiger partial charge is 0.472 e. The third-order valence-corrected chi connectivity index (χ3v) is 15.1. The molecular formula is C68H124N2O7P+. The summed E-state index contributed by atoms with van der Waals surface area (Å²) in [5, 5.41) is 3.04. The summed E-state index contributed by atoms with van der Waals surface area (Å²) >= 11 is 0. The smallest absolute Gasteiger partial charge is 0.456 e. The van der Waals surface area contributed by atoms with Crippen molar-refractivity contribution in [1.29, 1.82) is 0 Å². The predicted molar refractivity (Wildman–Crippen MR) is 337 cm³/mol. The second-order valence-corrected chi connectivity index (χ2v) is 24.4. The van der Waals surface area contributed by atoms with Crippen LogP contribution in [-0.2, 0) is 27.9 Å². The van der Waals surface area contributed by atoms with Gasteiger partial charge in [0.2, 0.25) is 5.91 Å². The van der Waals surface area contributed by atoms with Crippen LogP contribution in [-0.4, -0.2) is 74.3 Å². The first-order valence-electron chi connectivity index (χ1n) is 32.4. The van der Waals surface area contributed by atoms with Crippen molar-refractivity contribution in [3.05, 3.63) is 85.1 Å². The summed E-state index contributed by atoms with van der Waals surface area (Å²) in [4.78, 5) is 37.8. The monoisotopic (exact) mass is 1110 g/mol. The molecule has 0 aromatic carbocycles. The lowest BCUT2D eigenvalue weighted by Gasteiger charge is -2.27. The summed E-state index contributed by atoms with van der Waals surface area (Å²) in [5.41, 5.74) is 0. The van der Waals surface area contributed by atoms with E-state index in [0.29, 0.717) is 23.9 Å². The number of rotatable bonds is 58. The highest BCUT2D eigenvalue weighted by Gasteiger charge is 2.30. The molecule has 0 radical (unpaired) electrons. The molecule has 0 saturated heterocycles. The van der Waals surface area contributed by atoms with E-state index in [0.717, 1.165) is 89.9 Å². The van der Waals surface area contributed by atoms with Crippen molar-refractivity contribution in [3.8, 4) is 0 Å². The van der Waals surface area contributed by atoms with Crippen LogP contribution in [0, 0.1) is 0 Å². The molecule has 0 aliphatic rings. The van der Waals surface area contributed by atoms with Gasteiger partial charge in [-0.2, -0.15) is 0 Å². The summed E-state index contributed by atoms with van der Waals surface area (Å²) in [7, 11) is 1.47. The number of likely N-dealkylation sites (N-methyl/N-ethyl adjacent to an activating group) is 1. The van der Waals surface area contributed by atoms with Gasteiger partial charge >= 0.3 is 13.8 Å². The Balaban J connectivity index is 5.25. The minimum atomic E-state index is -4.46. The zero-order valence-electron chi connectivity index (χ0n) is 51.6. The van der Waals surface area contributed by atoms with Crippen LogP contribution < -0.4 is 5.32 Å². The maximum Gasteiger partial charge on any atom is 0.472 e. The standard InChI is InChI=1S/C68H123N2O7P/c1-7-10-13-16-19-22-25-28-30-32-34-35-37-39-41-43-46-49-52-55-58-61-68(72)77-66(59-56-53-50-47-44-27-24-21-18-15-12-9-3)65(64-76-78(73,74)75-63-62-70(4,5)6)69-67(71)60-57-54-51-48-45-42-40-38-36-33-31-29-26-23-20-17-14-11-8-2/h11,14,20,23,28-31,36,38,42,45,56,59,65-66H,7-10,12-13,15-19,21-22,24-27,32-35,37,39-41,43-44,46-55,57-58,60-64H2,1-6H3,(H-,69,71,73,74)/p+1/b14-11-,23-20-,30-28+,31-29-,38-36-,45-42-,59-56+. The summed E-state index contributed by atoms with van der Waals surface area (Å²) in [6.45, 7) is 6.88. The van der Waals surface area contributed by atoms with Gasteiger partial charge in [0, 0.05) is 12.8 Å². The molecule has 0 bridgehead atoms. The Morgan fingerprint density at radius 1 is 0.462 bits per heavy atom. The number of nitrogens with zero attached hydrogens (tertiary/aromatic N) is 1. The number of ether oxygens (including phenoxy) is 1. The fourth-order valence-electron chi connectivity index (χ4n) is 9.08. The fourth-order valence-corrected chi connectivity index (χ4v) is 9.82. The van der Waals surface area contributed by atoms with Gasteiger partial charge in [-0.3, -0.25) is 18.6 Å². The molecule has 0 heterocycles. The predicted octanol–water partition coefficient (Wildman–Crippen LogP) is 20.2. The van der Waals surface area contributed by atoms with Crippen molar-refractivity contribution < 1.29 is 37.3 Å². The number of carbonyl (C=O) groups excluding carboxylic acids is 2. The molecule has 0 aliphatic heterocycles. The van der Waals surface area contributed by atoms with Crippen molar-refractivity contribution in [1.82, 2.24) is 5.32 Å². The van der Waals surface area contributed by atoms with Gasteiger partial charge in [-0.25, -0.2) is 4.57 Å². The third-order valence-electron chi connectivity index (χ3n) is 14.1. The second-order valence-electron chi connectivity index (χ2n) is 22.9. The van der Waals surface area contributed by atoms with Crippen molar-refractivity contribution in [2.24, 2.45) is 0 Å². The Kier molecular flexibility index (Phi) is 55.4. The number of hydrogen-bond acceptors (Lipinski definition) is 6. The van der Waals surface area contributed by atoms with Crippen LogP contribution in [0.15, 0.2) is 85.1 Å². The van der Waals surface area contributed by atoms with Crippen molar-refractivity contribution >= 4 is 19.7 Å². The molecule has 0 aromatic heterocycles. The molecule has 0 aliphatic carbocycles. The highest BCUT2D eigenvalue weighted by molar-refractivity contribution is 7.47. The first-order chi connectivity index (χ1) is 37.9. The van der Waals surface area contributed by atoms with Gasteiger partial charge in [0.05, 0.1) is 33.8 Å². The van der Waals surface area contributed by atoms with Crippen LogP contribution in [0.2, 0.25) is 0 Å². The number of quaternary nitrogens is 1. The molecule has 0 rings (SSSR count). The molecule has 0 fully saturated rings. The number of allylic oxidation sites excluding steroid dienone is 13. The van der Waals surface area contributed by atoms with Gasteiger partial charge < -0.3 is 19.4 Å². The number of phosphoric ester groups is 1. The molecule has 10 heteroatoms. The van der Waals surface area contributed by atoms with Crippen LogP contribution in [0.25, 0.3) is 0 Å². The van der Waals surface area contributed by atoms with Crippen LogP contribution in [0.3, 0.4) is 0 Å². The van der Waals surface area contributed by atoms with E-state index in [2.05, 4.69) is 99.0 Å². The van der Waals surface area contributed by atoms with Crippen molar-refractivity contribution in [2.75, 3.05) is 40.9 Å². The number of carbonyl (C=O) groups is 2. The zero-order valence-corrected chi connectivity index (χ0v) is 52.5. The van der Waals surface area contributed by atoms with E-state index in [4.69, 9.17) is 13.8 Å². The quantitative estimate of drug-likeness (QED) is 0.0205. The van der Waals surface area contributed by atoms with Crippen LogP contribution >= 0.6 is 7.82 Å². The van der Waals surface area contributed by atoms with E-state index in [1.165, 1.54) is 154 Å². The van der Waals surface area contributed by atoms with E-state index in [-0.39, 0.29) is 31.5 Å². The van der Waals surface area contributed by atoms with Gasteiger partial charge in [0.1, 0.15) is 19.3 Å². The van der Waals surface area contributed by atoms with Crippen molar-refractivity contribution in [2.45, 2.75) is 296 Å². The lowest BCUT2D eigenvalue weighted by Crippen LogP contribution is -2.47. The molecule has 78 heavy (non-hydrogen) atoms. The maximum absolute atomic E-state index is 13.6. The van der Waals surface area contributed by atoms with Gasteiger partial charge in [-0.15, -0.1) is 0 Å². The number of unbranched alkanes of at least 4 members (excludes halogenated alkanes) is 30. The third kappa shape index (κ3) is 57.9. The SMILES string of the molecule is CC/C=C\C/C=C\C/C=C\C/C=C\C/C=C\CCCCCC(=O)NC(COP(=O)(O)OCC[N+](C)(C)C)C(/C=C/CCCCCCCCCCCC)OC(=O)CCCCCCCCCCCCC/C=C/CCCCCCCC. The topological polar surface area (TPSA) is 111 Å². The number of nitrogens with one attached hydrogen (secondary N) is 1. The first-order valence-corrected chi connectivity index (χ1v) is 33.9. The van der Waals surface area contributed by atoms with Crippen LogP contribution in [0.1, 0.15) is 284 Å². The Bertz CT molecular complexity index is 1610. The Hall–Kier alpha value is -2.81. The normalized spacial score (nSPS) is 14.2. The zero-order chi connectivity index (χ0) is 57.2. The fraction of sp³-hybridized carbons (Fsp3) is 0.765. The second kappa shape index (κ2) is 57.4.